The van der Waals surface area contributed by atoms with Crippen LogP contribution in [0.25, 0.3) is 34.0 Å². The fraction of sp³-hybridized carbons (Fsp3) is 0.404. The molecule has 0 bridgehead atoms. The number of fused-ring (bicyclic) bond motifs is 3. The van der Waals surface area contributed by atoms with Crippen LogP contribution in [0.5, 0.6) is 0 Å². The molecule has 10 rings (SSSR count). The Balaban J connectivity index is 0.000000116. The smallest absolute Gasteiger partial charge is 0.161 e. The summed E-state index contributed by atoms with van der Waals surface area (Å²) < 4.78 is 45.3. The van der Waals surface area contributed by atoms with Crippen LogP contribution in [0.1, 0.15) is 60.6 Å². The quantitative estimate of drug-likeness (QED) is 0.198. The summed E-state index contributed by atoms with van der Waals surface area (Å²) in [4.78, 5) is 4.66. The van der Waals surface area contributed by atoms with E-state index in [0.29, 0.717) is 29.1 Å². The molecule has 6 nitrogen and oxygen atoms in total. The van der Waals surface area contributed by atoms with E-state index in [9.17, 15) is 13.2 Å². The molecule has 0 atom stereocenters. The Kier molecular flexibility index (Phi) is 11.4. The second kappa shape index (κ2) is 16.1. The van der Waals surface area contributed by atoms with Crippen molar-refractivity contribution in [1.29, 1.82) is 0 Å². The van der Waals surface area contributed by atoms with Crippen molar-refractivity contribution in [1.82, 2.24) is 28.8 Å². The highest BCUT2D eigenvalue weighted by Crippen LogP contribution is 2.29. The van der Waals surface area contributed by atoms with Crippen LogP contribution in [0.3, 0.4) is 0 Å². The zero-order valence-electron chi connectivity index (χ0n) is 34.2. The summed E-state index contributed by atoms with van der Waals surface area (Å²) in [6, 6.07) is 20.8. The molecule has 6 aromatic rings. The maximum absolute atomic E-state index is 13.2. The molecule has 1 N–H and O–H groups in total. The summed E-state index contributed by atoms with van der Waals surface area (Å²) in [7, 11) is 4.31. The first-order chi connectivity index (χ1) is 26.7. The van der Waals surface area contributed by atoms with Crippen molar-refractivity contribution in [3.8, 4) is 0 Å². The highest BCUT2D eigenvalue weighted by atomic mass is 19.2. The Morgan fingerprint density at radius 1 is 0.679 bits per heavy atom. The van der Waals surface area contributed by atoms with Gasteiger partial charge < -0.3 is 28.8 Å². The number of likely N-dealkylation sites (tertiary alicyclic amines) is 2. The van der Waals surface area contributed by atoms with Gasteiger partial charge in [0.15, 0.2) is 11.6 Å². The van der Waals surface area contributed by atoms with Crippen molar-refractivity contribution < 1.29 is 13.2 Å². The fourth-order valence-corrected chi connectivity index (χ4v) is 8.18. The zero-order valence-corrected chi connectivity index (χ0v) is 34.2. The van der Waals surface area contributed by atoms with E-state index >= 15 is 0 Å². The Bertz CT molecular complexity index is 2430. The van der Waals surface area contributed by atoms with Gasteiger partial charge in [0, 0.05) is 79.6 Å². The lowest BCUT2D eigenvalue weighted by atomic mass is 9.86. The standard InChI is InChI=1S/C14H20N2.C13H15FN2.C12H14N2.C8H8F2/c1-14(2)6-4-13-11(8-14)5-7-16(13)12-9-15(3)10-12;1-9-6-16(11-7-15(2)8-11)13-4-3-10(14)5-12(9)13;1-9-2-3-12-10(6-9)4-5-14(12)11-7-13-8-11;1-5-3-4-7(9)8(10)6(5)2/h4-5,7-8,12H,6,9-10H2,1-3H3;3-6,11H,7-8H2,1-2H3;2-6,11,13H,7-8H2,1H3;3-4H,1-2H3. The van der Waals surface area contributed by atoms with E-state index in [1.54, 1.807) is 32.0 Å². The predicted octanol–water partition coefficient (Wildman–Crippen LogP) is 8.22. The van der Waals surface area contributed by atoms with Crippen LogP contribution in [0, 0.1) is 50.6 Å². The third-order valence-electron chi connectivity index (χ3n) is 11.9. The van der Waals surface area contributed by atoms with E-state index < -0.39 is 11.6 Å². The summed E-state index contributed by atoms with van der Waals surface area (Å²) in [5.74, 6) is -1.66. The van der Waals surface area contributed by atoms with Gasteiger partial charge in [0.2, 0.25) is 0 Å². The molecule has 4 aliphatic rings. The average Bonchev–Trinajstić information content (AvgIpc) is 3.80. The Morgan fingerprint density at radius 3 is 1.98 bits per heavy atom. The van der Waals surface area contributed by atoms with Gasteiger partial charge in [-0.25, -0.2) is 13.2 Å². The van der Waals surface area contributed by atoms with Crippen molar-refractivity contribution in [2.45, 2.75) is 66.1 Å². The number of nitrogens with zero attached hydrogens (tertiary/aromatic N) is 5. The molecular weight excluding hydrogens is 706 g/mol. The van der Waals surface area contributed by atoms with Crippen molar-refractivity contribution in [2.75, 3.05) is 53.4 Å². The molecule has 3 aromatic carbocycles. The second-order valence-corrected chi connectivity index (χ2v) is 17.1. The third kappa shape index (κ3) is 8.41. The molecule has 6 heterocycles. The van der Waals surface area contributed by atoms with Gasteiger partial charge in [0.1, 0.15) is 5.82 Å². The number of benzene rings is 3. The maximum Gasteiger partial charge on any atom is 0.161 e. The SMILES string of the molecule is CN1CC(n2ccc3c2=CCC(C)(C)C=3)C1.Cc1ccc(F)c(F)c1C.Cc1ccc2c(ccn2C2CNC2)c1.Cc1cn(C2CN(C)C2)c2ccc(F)cc12. The molecule has 3 fully saturated rings. The number of aromatic nitrogens is 3. The Morgan fingerprint density at radius 2 is 1.34 bits per heavy atom. The van der Waals surface area contributed by atoms with Gasteiger partial charge in [0.05, 0.1) is 18.1 Å². The van der Waals surface area contributed by atoms with E-state index in [1.807, 2.05) is 13.0 Å². The number of nitrogens with one attached hydrogen (secondary N) is 1. The molecule has 3 aliphatic heterocycles. The molecule has 56 heavy (non-hydrogen) atoms. The Labute approximate surface area is 329 Å². The molecule has 3 aromatic heterocycles. The number of rotatable bonds is 3. The van der Waals surface area contributed by atoms with Crippen LogP contribution >= 0.6 is 0 Å². The first kappa shape index (κ1) is 39.7. The summed E-state index contributed by atoms with van der Waals surface area (Å²) in [5, 5.41) is 8.56. The molecule has 0 unspecified atom stereocenters. The summed E-state index contributed by atoms with van der Waals surface area (Å²) in [6.45, 7) is 18.9. The van der Waals surface area contributed by atoms with E-state index in [-0.39, 0.29) is 5.82 Å². The monoisotopic (exact) mass is 762 g/mol. The molecule has 0 radical (unpaired) electrons. The minimum absolute atomic E-state index is 0.154. The van der Waals surface area contributed by atoms with Crippen LogP contribution in [0.2, 0.25) is 0 Å². The van der Waals surface area contributed by atoms with Gasteiger partial charge in [-0.3, -0.25) is 0 Å². The first-order valence-electron chi connectivity index (χ1n) is 19.9. The topological polar surface area (TPSA) is 33.3 Å². The lowest BCUT2D eigenvalue weighted by Crippen LogP contribution is -2.49. The number of aryl methyl sites for hydroxylation is 3. The highest BCUT2D eigenvalue weighted by molar-refractivity contribution is 5.84. The fourth-order valence-electron chi connectivity index (χ4n) is 8.18. The molecule has 9 heteroatoms. The van der Waals surface area contributed by atoms with Gasteiger partial charge in [0.25, 0.3) is 0 Å². The molecular formula is C47H57F3N6. The maximum atomic E-state index is 13.2. The largest absolute Gasteiger partial charge is 0.342 e. The minimum atomic E-state index is -0.775. The lowest BCUT2D eigenvalue weighted by Gasteiger charge is -2.37. The van der Waals surface area contributed by atoms with Crippen LogP contribution in [0.15, 0.2) is 79.3 Å². The lowest BCUT2D eigenvalue weighted by molar-refractivity contribution is 0.138. The van der Waals surface area contributed by atoms with Crippen molar-refractivity contribution in [3.05, 3.63) is 130 Å². The van der Waals surface area contributed by atoms with Crippen LogP contribution in [-0.4, -0.2) is 76.9 Å². The number of likely N-dealkylation sites (N-methyl/N-ethyl adjacent to an activating group) is 2. The summed E-state index contributed by atoms with van der Waals surface area (Å²) in [5.41, 5.74) is 6.50. The third-order valence-corrected chi connectivity index (χ3v) is 11.9. The molecule has 0 amide bonds. The molecule has 296 valence electrons. The van der Waals surface area contributed by atoms with E-state index in [0.717, 1.165) is 60.7 Å². The zero-order chi connectivity index (χ0) is 39.9. The molecule has 0 spiro atoms. The molecule has 1 aliphatic carbocycles. The first-order valence-corrected chi connectivity index (χ1v) is 19.9. The van der Waals surface area contributed by atoms with Crippen molar-refractivity contribution >= 4 is 34.0 Å². The van der Waals surface area contributed by atoms with Crippen LogP contribution in [-0.2, 0) is 0 Å². The summed E-state index contributed by atoms with van der Waals surface area (Å²) in [6.07, 6.45) is 12.6. The highest BCUT2D eigenvalue weighted by Gasteiger charge is 2.27. The Hall–Kier alpha value is -4.57. The second-order valence-electron chi connectivity index (χ2n) is 17.1. The van der Waals surface area contributed by atoms with Gasteiger partial charge in [-0.2, -0.15) is 0 Å². The number of halogens is 3. The van der Waals surface area contributed by atoms with Gasteiger partial charge in [-0.1, -0.05) is 43.7 Å². The molecule has 3 saturated heterocycles. The predicted molar refractivity (Wildman–Crippen MR) is 225 cm³/mol. The molecule has 0 saturated carbocycles. The van der Waals surface area contributed by atoms with Gasteiger partial charge in [-0.05, 0) is 129 Å². The van der Waals surface area contributed by atoms with Crippen LogP contribution < -0.4 is 15.9 Å². The van der Waals surface area contributed by atoms with Crippen LogP contribution in [0.4, 0.5) is 13.2 Å². The minimum Gasteiger partial charge on any atom is -0.342 e. The van der Waals surface area contributed by atoms with E-state index in [1.165, 1.54) is 40.1 Å². The average molecular weight is 763 g/mol. The van der Waals surface area contributed by atoms with Gasteiger partial charge >= 0.3 is 0 Å². The van der Waals surface area contributed by atoms with E-state index in [2.05, 4.69) is 125 Å². The summed E-state index contributed by atoms with van der Waals surface area (Å²) >= 11 is 0. The number of hydrogen-bond acceptors (Lipinski definition) is 3. The number of hydrogen-bond donors (Lipinski definition) is 1. The van der Waals surface area contributed by atoms with Crippen molar-refractivity contribution in [3.63, 3.8) is 0 Å². The normalized spacial score (nSPS) is 18.1. The van der Waals surface area contributed by atoms with Crippen molar-refractivity contribution in [2.24, 2.45) is 5.41 Å². The van der Waals surface area contributed by atoms with E-state index in [4.69, 9.17) is 0 Å². The van der Waals surface area contributed by atoms with Gasteiger partial charge in [-0.15, -0.1) is 0 Å².